The molecule has 2 aromatic heterocycles. The zero-order valence-electron chi connectivity index (χ0n) is 23.6. The Kier molecular flexibility index (Phi) is 8.77. The van der Waals surface area contributed by atoms with E-state index in [0.717, 1.165) is 22.6 Å². The Morgan fingerprint density at radius 1 is 1.02 bits per heavy atom. The van der Waals surface area contributed by atoms with E-state index >= 15 is 0 Å². The monoisotopic (exact) mass is 590 g/mol. The van der Waals surface area contributed by atoms with Crippen LogP contribution in [0.15, 0.2) is 75.5 Å². The third-order valence-corrected chi connectivity index (χ3v) is 7.79. The number of nitrogens with one attached hydrogen (secondary N) is 1. The fourth-order valence-electron chi connectivity index (χ4n) is 4.59. The van der Waals surface area contributed by atoms with Gasteiger partial charge in [0.2, 0.25) is 0 Å². The first-order valence-corrected chi connectivity index (χ1v) is 14.0. The van der Waals surface area contributed by atoms with Crippen molar-refractivity contribution < 1.29 is 28.2 Å². The molecule has 1 aliphatic rings. The standard InChI is InChI=1S/C29H30N6O6S/c1-34-25(16-30-28(37)24-9-6-14-41-24)31-32-29(34)42-17-26(36)35-22(20-7-5-8-23(39-3)27(20)40-4)15-21(33-35)18-10-12-19(38-2)13-11-18/h5-14,22H,15-17H2,1-4H3,(H,30,37)/t22-/m0/s1. The number of hydrazone groups is 1. The number of thioether (sulfide) groups is 1. The van der Waals surface area contributed by atoms with E-state index in [9.17, 15) is 9.59 Å². The number of aromatic nitrogens is 3. The van der Waals surface area contributed by atoms with E-state index < -0.39 is 6.04 Å². The van der Waals surface area contributed by atoms with Crippen LogP contribution in [0.5, 0.6) is 17.2 Å². The van der Waals surface area contributed by atoms with Gasteiger partial charge in [0.25, 0.3) is 11.8 Å². The van der Waals surface area contributed by atoms with Crippen LogP contribution in [0.3, 0.4) is 0 Å². The van der Waals surface area contributed by atoms with E-state index in [1.807, 2.05) is 42.5 Å². The molecule has 0 spiro atoms. The molecule has 0 unspecified atom stereocenters. The molecule has 13 heteroatoms. The number of methoxy groups -OCH3 is 3. The van der Waals surface area contributed by atoms with Gasteiger partial charge in [0.1, 0.15) is 5.75 Å². The Labute approximate surface area is 246 Å². The summed E-state index contributed by atoms with van der Waals surface area (Å²) in [6.07, 6.45) is 1.91. The molecule has 2 aromatic carbocycles. The highest BCUT2D eigenvalue weighted by Crippen LogP contribution is 2.42. The van der Waals surface area contributed by atoms with Crippen LogP contribution in [0.25, 0.3) is 0 Å². The molecule has 1 atom stereocenters. The predicted octanol–water partition coefficient (Wildman–Crippen LogP) is 3.83. The molecule has 218 valence electrons. The maximum atomic E-state index is 13.7. The van der Waals surface area contributed by atoms with Crippen molar-refractivity contribution in [3.63, 3.8) is 0 Å². The molecule has 0 fully saturated rings. The summed E-state index contributed by atoms with van der Waals surface area (Å²) in [5.41, 5.74) is 2.44. The smallest absolute Gasteiger partial charge is 0.287 e. The van der Waals surface area contributed by atoms with E-state index in [1.54, 1.807) is 45.1 Å². The maximum absolute atomic E-state index is 13.7. The lowest BCUT2D eigenvalue weighted by molar-refractivity contribution is -0.130. The van der Waals surface area contributed by atoms with Gasteiger partial charge in [-0.25, -0.2) is 5.01 Å². The minimum absolute atomic E-state index is 0.0624. The van der Waals surface area contributed by atoms with Crippen LogP contribution in [0.4, 0.5) is 0 Å². The van der Waals surface area contributed by atoms with Crippen molar-refractivity contribution in [2.24, 2.45) is 12.1 Å². The minimum atomic E-state index is -0.410. The molecular formula is C29H30N6O6S. The highest BCUT2D eigenvalue weighted by molar-refractivity contribution is 7.99. The number of hydrogen-bond donors (Lipinski definition) is 1. The second kappa shape index (κ2) is 12.8. The molecule has 0 saturated carbocycles. The number of hydrogen-bond acceptors (Lipinski definition) is 10. The summed E-state index contributed by atoms with van der Waals surface area (Å²) in [4.78, 5) is 25.9. The molecule has 0 bridgehead atoms. The first kappa shape index (κ1) is 28.7. The Morgan fingerprint density at radius 3 is 2.52 bits per heavy atom. The molecule has 2 amide bonds. The molecule has 4 aromatic rings. The molecule has 0 radical (unpaired) electrons. The van der Waals surface area contributed by atoms with Gasteiger partial charge in [-0.05, 0) is 48.0 Å². The van der Waals surface area contributed by atoms with E-state index in [-0.39, 0.29) is 29.9 Å². The van der Waals surface area contributed by atoms with Gasteiger partial charge in [-0.3, -0.25) is 9.59 Å². The van der Waals surface area contributed by atoms with E-state index in [2.05, 4.69) is 15.5 Å². The first-order valence-electron chi connectivity index (χ1n) is 13.0. The Morgan fingerprint density at radius 2 is 1.83 bits per heavy atom. The van der Waals surface area contributed by atoms with E-state index in [1.165, 1.54) is 23.0 Å². The minimum Gasteiger partial charge on any atom is -0.497 e. The second-order valence-electron chi connectivity index (χ2n) is 9.22. The molecule has 1 N–H and O–H groups in total. The molecule has 3 heterocycles. The second-order valence-corrected chi connectivity index (χ2v) is 10.2. The maximum Gasteiger partial charge on any atom is 0.287 e. The summed E-state index contributed by atoms with van der Waals surface area (Å²) in [5.74, 6) is 2.09. The van der Waals surface area contributed by atoms with Crippen molar-refractivity contribution in [2.75, 3.05) is 27.1 Å². The van der Waals surface area contributed by atoms with Crippen molar-refractivity contribution in [1.29, 1.82) is 0 Å². The lowest BCUT2D eigenvalue weighted by atomic mass is 9.97. The quantitative estimate of drug-likeness (QED) is 0.259. The lowest BCUT2D eigenvalue weighted by Gasteiger charge is -2.24. The van der Waals surface area contributed by atoms with Gasteiger partial charge in [-0.1, -0.05) is 23.9 Å². The van der Waals surface area contributed by atoms with Gasteiger partial charge < -0.3 is 28.5 Å². The van der Waals surface area contributed by atoms with Crippen molar-refractivity contribution in [3.8, 4) is 17.2 Å². The average Bonchev–Trinajstić information content (AvgIpc) is 3.79. The number of furan rings is 1. The van der Waals surface area contributed by atoms with Crippen molar-refractivity contribution in [3.05, 3.63) is 83.6 Å². The number of carbonyl (C=O) groups is 2. The van der Waals surface area contributed by atoms with Gasteiger partial charge >= 0.3 is 0 Å². The number of carbonyl (C=O) groups excluding carboxylic acids is 2. The fraction of sp³-hybridized carbons (Fsp3) is 0.276. The van der Waals surface area contributed by atoms with Crippen LogP contribution >= 0.6 is 11.8 Å². The summed E-state index contributed by atoms with van der Waals surface area (Å²) in [6, 6.07) is 16.0. The third-order valence-electron chi connectivity index (χ3n) is 6.78. The Bertz CT molecular complexity index is 1580. The highest BCUT2D eigenvalue weighted by atomic mass is 32.2. The number of benzene rings is 2. The van der Waals surface area contributed by atoms with Gasteiger partial charge in [0, 0.05) is 19.0 Å². The van der Waals surface area contributed by atoms with Gasteiger partial charge in [0.15, 0.2) is 28.2 Å². The predicted molar refractivity (Wildman–Crippen MR) is 155 cm³/mol. The molecular weight excluding hydrogens is 560 g/mol. The normalized spacial score (nSPS) is 14.4. The Balaban J connectivity index is 1.34. The van der Waals surface area contributed by atoms with Crippen LogP contribution in [0.2, 0.25) is 0 Å². The molecule has 1 aliphatic heterocycles. The summed E-state index contributed by atoms with van der Waals surface area (Å²) in [6.45, 7) is 0.150. The Hall–Kier alpha value is -4.78. The van der Waals surface area contributed by atoms with Crippen LogP contribution in [-0.4, -0.2) is 64.4 Å². The highest BCUT2D eigenvalue weighted by Gasteiger charge is 2.35. The summed E-state index contributed by atoms with van der Waals surface area (Å²) in [7, 11) is 6.54. The molecule has 0 saturated heterocycles. The topological polar surface area (TPSA) is 133 Å². The van der Waals surface area contributed by atoms with Crippen LogP contribution in [-0.2, 0) is 18.4 Å². The van der Waals surface area contributed by atoms with Gasteiger partial charge in [-0.2, -0.15) is 5.10 Å². The number of para-hydroxylation sites is 1. The summed E-state index contributed by atoms with van der Waals surface area (Å²) < 4.78 is 23.4. The number of rotatable bonds is 11. The largest absolute Gasteiger partial charge is 0.497 e. The van der Waals surface area contributed by atoms with Crippen molar-refractivity contribution in [1.82, 2.24) is 25.1 Å². The molecule has 5 rings (SSSR count). The number of nitrogens with zero attached hydrogens (tertiary/aromatic N) is 5. The summed E-state index contributed by atoms with van der Waals surface area (Å²) in [5, 5.41) is 17.9. The lowest BCUT2D eigenvalue weighted by Crippen LogP contribution is -2.29. The van der Waals surface area contributed by atoms with Crippen LogP contribution in [0.1, 0.15) is 40.0 Å². The van der Waals surface area contributed by atoms with Gasteiger partial charge in [0.05, 0.1) is 51.6 Å². The van der Waals surface area contributed by atoms with E-state index in [0.29, 0.717) is 28.9 Å². The zero-order chi connectivity index (χ0) is 29.6. The number of ether oxygens (including phenoxy) is 3. The zero-order valence-corrected chi connectivity index (χ0v) is 24.4. The van der Waals surface area contributed by atoms with Crippen LogP contribution < -0.4 is 19.5 Å². The van der Waals surface area contributed by atoms with Crippen molar-refractivity contribution >= 4 is 29.3 Å². The molecule has 0 aliphatic carbocycles. The molecule has 12 nitrogen and oxygen atoms in total. The first-order chi connectivity index (χ1) is 20.4. The third kappa shape index (κ3) is 5.96. The number of amides is 2. The van der Waals surface area contributed by atoms with Gasteiger partial charge in [-0.15, -0.1) is 10.2 Å². The van der Waals surface area contributed by atoms with Crippen molar-refractivity contribution in [2.45, 2.75) is 24.2 Å². The summed E-state index contributed by atoms with van der Waals surface area (Å²) >= 11 is 1.24. The SMILES string of the molecule is COc1ccc(C2=NN(C(=O)CSc3nnc(CNC(=O)c4ccco4)n3C)[C@H](c3cccc(OC)c3OC)C2)cc1. The molecule has 42 heavy (non-hydrogen) atoms. The van der Waals surface area contributed by atoms with E-state index in [4.69, 9.17) is 23.7 Å². The average molecular weight is 591 g/mol. The van der Waals surface area contributed by atoms with Crippen LogP contribution in [0, 0.1) is 0 Å². The fourth-order valence-corrected chi connectivity index (χ4v) is 5.37.